The van der Waals surface area contributed by atoms with Crippen molar-refractivity contribution in [2.24, 2.45) is 0 Å². The molecule has 0 unspecified atom stereocenters. The molecule has 4 rings (SSSR count). The fraction of sp³-hybridized carbons (Fsp3) is 0.435. The van der Waals surface area contributed by atoms with Gasteiger partial charge in [-0.3, -0.25) is 19.6 Å². The lowest BCUT2D eigenvalue weighted by Crippen LogP contribution is -2.55. The number of hydrogen-bond donors (Lipinski definition) is 1. The SMILES string of the molecule is CN(C)[C@]1(c2ccccc2)CC[C@]2(CC1)NC(=O)N(CCc1cccnc1)C2=O. The van der Waals surface area contributed by atoms with Crippen molar-refractivity contribution in [1.82, 2.24) is 20.1 Å². The topological polar surface area (TPSA) is 65.5 Å². The summed E-state index contributed by atoms with van der Waals surface area (Å²) in [6, 6.07) is 14.0. The summed E-state index contributed by atoms with van der Waals surface area (Å²) in [4.78, 5) is 33.6. The van der Waals surface area contributed by atoms with Gasteiger partial charge >= 0.3 is 6.03 Å². The number of benzene rings is 1. The standard InChI is InChI=1S/C23H28N4O2/c1-26(2)23(19-8-4-3-5-9-19)13-11-22(12-14-23)20(28)27(21(29)25-22)16-10-18-7-6-15-24-17-18/h3-9,15,17H,10-14,16H2,1-2H3,(H,25,29)/t22-,23-. The Morgan fingerprint density at radius 2 is 1.76 bits per heavy atom. The summed E-state index contributed by atoms with van der Waals surface area (Å²) in [5.41, 5.74) is 1.42. The Labute approximate surface area is 171 Å². The first-order chi connectivity index (χ1) is 14.0. The molecule has 29 heavy (non-hydrogen) atoms. The van der Waals surface area contributed by atoms with Gasteiger partial charge in [-0.1, -0.05) is 36.4 Å². The number of nitrogens with one attached hydrogen (secondary N) is 1. The van der Waals surface area contributed by atoms with Crippen molar-refractivity contribution in [3.05, 3.63) is 66.0 Å². The van der Waals surface area contributed by atoms with E-state index in [4.69, 9.17) is 0 Å². The van der Waals surface area contributed by atoms with Gasteiger partial charge in [-0.15, -0.1) is 0 Å². The maximum absolute atomic E-state index is 13.2. The molecule has 0 bridgehead atoms. The van der Waals surface area contributed by atoms with E-state index in [0.717, 1.165) is 18.4 Å². The Bertz CT molecular complexity index is 874. The number of nitrogens with zero attached hydrogens (tertiary/aromatic N) is 3. The molecule has 6 nitrogen and oxygen atoms in total. The molecule has 3 amide bonds. The van der Waals surface area contributed by atoms with E-state index in [2.05, 4.69) is 53.6 Å². The fourth-order valence-electron chi connectivity index (χ4n) is 4.84. The zero-order valence-corrected chi connectivity index (χ0v) is 17.1. The molecule has 1 spiro atoms. The second-order valence-electron chi connectivity index (χ2n) is 8.37. The number of pyridine rings is 1. The Morgan fingerprint density at radius 1 is 1.03 bits per heavy atom. The molecule has 2 aliphatic rings. The molecule has 1 aliphatic carbocycles. The van der Waals surface area contributed by atoms with Crippen molar-refractivity contribution in [3.63, 3.8) is 0 Å². The van der Waals surface area contributed by atoms with E-state index in [1.807, 2.05) is 18.2 Å². The highest BCUT2D eigenvalue weighted by Gasteiger charge is 2.55. The number of carbonyl (C=O) groups is 2. The Kier molecular flexibility index (Phi) is 5.13. The van der Waals surface area contributed by atoms with Gasteiger partial charge < -0.3 is 5.32 Å². The lowest BCUT2D eigenvalue weighted by atomic mass is 9.68. The molecule has 1 saturated carbocycles. The minimum atomic E-state index is -0.764. The summed E-state index contributed by atoms with van der Waals surface area (Å²) >= 11 is 0. The van der Waals surface area contributed by atoms with Crippen LogP contribution in [-0.2, 0) is 16.8 Å². The predicted molar refractivity (Wildman–Crippen MR) is 111 cm³/mol. The van der Waals surface area contributed by atoms with Crippen LogP contribution in [0.3, 0.4) is 0 Å². The van der Waals surface area contributed by atoms with E-state index < -0.39 is 5.54 Å². The maximum Gasteiger partial charge on any atom is 0.325 e. The van der Waals surface area contributed by atoms with Gasteiger partial charge in [0.05, 0.1) is 0 Å². The van der Waals surface area contributed by atoms with E-state index in [1.54, 1.807) is 12.4 Å². The highest BCUT2D eigenvalue weighted by Crippen LogP contribution is 2.46. The minimum Gasteiger partial charge on any atom is -0.323 e. The van der Waals surface area contributed by atoms with Crippen molar-refractivity contribution in [1.29, 1.82) is 0 Å². The van der Waals surface area contributed by atoms with Gasteiger partial charge in [-0.2, -0.15) is 0 Å². The fourth-order valence-corrected chi connectivity index (χ4v) is 4.84. The summed E-state index contributed by atoms with van der Waals surface area (Å²) in [7, 11) is 4.19. The largest absolute Gasteiger partial charge is 0.325 e. The van der Waals surface area contributed by atoms with Gasteiger partial charge in [0.1, 0.15) is 5.54 Å². The molecule has 152 valence electrons. The van der Waals surface area contributed by atoms with Crippen LogP contribution in [0, 0.1) is 0 Å². The second-order valence-corrected chi connectivity index (χ2v) is 8.37. The van der Waals surface area contributed by atoms with Crippen LogP contribution in [0.15, 0.2) is 54.9 Å². The van der Waals surface area contributed by atoms with Gasteiger partial charge in [-0.05, 0) is 63.4 Å². The van der Waals surface area contributed by atoms with Crippen LogP contribution in [-0.4, -0.2) is 52.9 Å². The zero-order valence-electron chi connectivity index (χ0n) is 17.1. The van der Waals surface area contributed by atoms with Crippen molar-refractivity contribution < 1.29 is 9.59 Å². The molecule has 0 radical (unpaired) electrons. The van der Waals surface area contributed by atoms with Gasteiger partial charge in [0.25, 0.3) is 5.91 Å². The van der Waals surface area contributed by atoms with Gasteiger partial charge in [0, 0.05) is 24.5 Å². The number of imide groups is 1. The molecule has 0 atom stereocenters. The van der Waals surface area contributed by atoms with Gasteiger partial charge in [0.2, 0.25) is 0 Å². The molecular formula is C23H28N4O2. The molecular weight excluding hydrogens is 364 g/mol. The summed E-state index contributed by atoms with van der Waals surface area (Å²) in [5, 5.41) is 3.04. The highest BCUT2D eigenvalue weighted by molar-refractivity contribution is 6.07. The van der Waals surface area contributed by atoms with Crippen molar-refractivity contribution >= 4 is 11.9 Å². The first kappa shape index (κ1) is 19.6. The minimum absolute atomic E-state index is 0.0770. The third kappa shape index (κ3) is 3.42. The van der Waals surface area contributed by atoms with Gasteiger partial charge in [0.15, 0.2) is 0 Å². The van der Waals surface area contributed by atoms with E-state index in [1.165, 1.54) is 10.5 Å². The lowest BCUT2D eigenvalue weighted by Gasteiger charge is -2.48. The van der Waals surface area contributed by atoms with Gasteiger partial charge in [-0.25, -0.2) is 4.79 Å². The van der Waals surface area contributed by atoms with Crippen molar-refractivity contribution in [2.75, 3.05) is 20.6 Å². The number of hydrogen-bond acceptors (Lipinski definition) is 4. The van der Waals surface area contributed by atoms with Crippen LogP contribution in [0.2, 0.25) is 0 Å². The Balaban J connectivity index is 1.49. The van der Waals surface area contributed by atoms with E-state index >= 15 is 0 Å². The van der Waals surface area contributed by atoms with Crippen molar-refractivity contribution in [2.45, 2.75) is 43.2 Å². The molecule has 2 aromatic rings. The van der Waals surface area contributed by atoms with Crippen LogP contribution < -0.4 is 5.32 Å². The maximum atomic E-state index is 13.2. The van der Waals surface area contributed by atoms with Crippen LogP contribution in [0.25, 0.3) is 0 Å². The Hall–Kier alpha value is -2.73. The quantitative estimate of drug-likeness (QED) is 0.795. The molecule has 1 aromatic carbocycles. The third-order valence-corrected chi connectivity index (χ3v) is 6.69. The summed E-state index contributed by atoms with van der Waals surface area (Å²) in [6.07, 6.45) is 7.06. The van der Waals surface area contributed by atoms with Crippen molar-refractivity contribution in [3.8, 4) is 0 Å². The smallest absolute Gasteiger partial charge is 0.323 e. The summed E-state index contributed by atoms with van der Waals surface area (Å²) in [6.45, 7) is 0.385. The average Bonchev–Trinajstić information content (AvgIpc) is 2.97. The van der Waals surface area contributed by atoms with Crippen LogP contribution >= 0.6 is 0 Å². The van der Waals surface area contributed by atoms with Crippen LogP contribution in [0.5, 0.6) is 0 Å². The van der Waals surface area contributed by atoms with E-state index in [0.29, 0.717) is 25.8 Å². The zero-order chi connectivity index (χ0) is 20.5. The molecule has 2 fully saturated rings. The first-order valence-electron chi connectivity index (χ1n) is 10.2. The van der Waals surface area contributed by atoms with E-state index in [-0.39, 0.29) is 17.5 Å². The average molecular weight is 393 g/mol. The monoisotopic (exact) mass is 392 g/mol. The Morgan fingerprint density at radius 3 is 2.38 bits per heavy atom. The molecule has 1 aromatic heterocycles. The normalized spacial score (nSPS) is 26.9. The summed E-state index contributed by atoms with van der Waals surface area (Å²) < 4.78 is 0. The van der Waals surface area contributed by atoms with Crippen LogP contribution in [0.4, 0.5) is 4.79 Å². The number of carbonyl (C=O) groups excluding carboxylic acids is 2. The number of urea groups is 1. The number of amides is 3. The first-order valence-corrected chi connectivity index (χ1v) is 10.2. The predicted octanol–water partition coefficient (Wildman–Crippen LogP) is 2.95. The number of aromatic nitrogens is 1. The molecule has 6 heteroatoms. The number of rotatable bonds is 5. The van der Waals surface area contributed by atoms with E-state index in [9.17, 15) is 9.59 Å². The second kappa shape index (κ2) is 7.59. The molecule has 1 aliphatic heterocycles. The third-order valence-electron chi connectivity index (χ3n) is 6.69. The molecule has 2 heterocycles. The highest BCUT2D eigenvalue weighted by atomic mass is 16.2. The summed E-state index contributed by atoms with van der Waals surface area (Å²) in [5.74, 6) is -0.0770. The lowest BCUT2D eigenvalue weighted by molar-refractivity contribution is -0.133. The molecule has 1 N–H and O–H groups in total. The van der Waals surface area contributed by atoms with Crippen LogP contribution in [0.1, 0.15) is 36.8 Å². The molecule has 1 saturated heterocycles.